The number of carbonyl (C=O) groups is 1. The minimum absolute atomic E-state index is 0.0780. The maximum Gasteiger partial charge on any atom is 0.223 e. The van der Waals surface area contributed by atoms with E-state index in [4.69, 9.17) is 0 Å². The predicted octanol–water partition coefficient (Wildman–Crippen LogP) is 5.27. The summed E-state index contributed by atoms with van der Waals surface area (Å²) in [5.41, 5.74) is 6.10. The first kappa shape index (κ1) is 17.7. The van der Waals surface area contributed by atoms with Crippen LogP contribution in [0.15, 0.2) is 84.9 Å². The van der Waals surface area contributed by atoms with Gasteiger partial charge >= 0.3 is 0 Å². The highest BCUT2D eigenvalue weighted by atomic mass is 16.2. The van der Waals surface area contributed by atoms with Crippen LogP contribution in [-0.4, -0.2) is 22.3 Å². The number of rotatable bonds is 4. The smallest absolute Gasteiger partial charge is 0.223 e. The van der Waals surface area contributed by atoms with Crippen LogP contribution in [0.3, 0.4) is 0 Å². The summed E-state index contributed by atoms with van der Waals surface area (Å²) in [6, 6.07) is 29.1. The number of nitrogens with one attached hydrogen (secondary N) is 1. The zero-order valence-electron chi connectivity index (χ0n) is 16.3. The van der Waals surface area contributed by atoms with E-state index in [9.17, 15) is 4.79 Å². The van der Waals surface area contributed by atoms with Crippen molar-refractivity contribution in [2.45, 2.75) is 25.3 Å². The van der Waals surface area contributed by atoms with E-state index in [1.165, 1.54) is 33.3 Å². The van der Waals surface area contributed by atoms with Crippen molar-refractivity contribution in [2.24, 2.45) is 0 Å². The molecule has 0 unspecified atom stereocenters. The highest BCUT2D eigenvalue weighted by molar-refractivity contribution is 5.86. The van der Waals surface area contributed by atoms with Crippen LogP contribution in [0.5, 0.6) is 0 Å². The average Bonchev–Trinajstić information content (AvgIpc) is 3.16. The van der Waals surface area contributed by atoms with Crippen molar-refractivity contribution in [1.82, 2.24) is 9.88 Å². The lowest BCUT2D eigenvalue weighted by Gasteiger charge is -2.29. The maximum atomic E-state index is 13.3. The first-order chi connectivity index (χ1) is 14.3. The molecule has 5 rings (SSSR count). The molecule has 1 N–H and O–H groups in total. The van der Waals surface area contributed by atoms with Crippen molar-refractivity contribution < 1.29 is 4.79 Å². The van der Waals surface area contributed by atoms with Gasteiger partial charge in [0.25, 0.3) is 0 Å². The molecule has 0 atom stereocenters. The van der Waals surface area contributed by atoms with Gasteiger partial charge in [-0.3, -0.25) is 4.79 Å². The number of carbonyl (C=O) groups excluding carboxylic acids is 1. The highest BCUT2D eigenvalue weighted by Crippen LogP contribution is 2.31. The fraction of sp³-hybridized carbons (Fsp3) is 0.192. The summed E-state index contributed by atoms with van der Waals surface area (Å²) in [7, 11) is 0. The van der Waals surface area contributed by atoms with Crippen molar-refractivity contribution in [3.8, 4) is 0 Å². The van der Waals surface area contributed by atoms with Gasteiger partial charge in [0.15, 0.2) is 0 Å². The molecule has 4 aromatic rings. The summed E-state index contributed by atoms with van der Waals surface area (Å²) in [5.74, 6) is 0.299. The van der Waals surface area contributed by atoms with E-state index in [0.717, 1.165) is 13.0 Å². The third kappa shape index (κ3) is 3.44. The highest BCUT2D eigenvalue weighted by Gasteiger charge is 2.26. The van der Waals surface area contributed by atoms with Crippen LogP contribution >= 0.6 is 0 Å². The van der Waals surface area contributed by atoms with Gasteiger partial charge in [0.05, 0.1) is 0 Å². The molecule has 3 heteroatoms. The third-order valence-electron chi connectivity index (χ3n) is 6.02. The van der Waals surface area contributed by atoms with Gasteiger partial charge < -0.3 is 9.88 Å². The van der Waals surface area contributed by atoms with Gasteiger partial charge in [-0.2, -0.15) is 0 Å². The Labute approximate surface area is 171 Å². The van der Waals surface area contributed by atoms with E-state index in [2.05, 4.69) is 77.8 Å². The van der Waals surface area contributed by atoms with Crippen LogP contribution < -0.4 is 0 Å². The normalized spacial score (nSPS) is 13.6. The van der Waals surface area contributed by atoms with Gasteiger partial charge in [-0.05, 0) is 17.2 Å². The Morgan fingerprint density at radius 3 is 2.17 bits per heavy atom. The van der Waals surface area contributed by atoms with Crippen molar-refractivity contribution in [2.75, 3.05) is 6.54 Å². The molecular formula is C26H24N2O. The fourth-order valence-electron chi connectivity index (χ4n) is 4.48. The lowest BCUT2D eigenvalue weighted by Crippen LogP contribution is -2.36. The Morgan fingerprint density at radius 1 is 0.862 bits per heavy atom. The third-order valence-corrected chi connectivity index (χ3v) is 6.02. The van der Waals surface area contributed by atoms with Gasteiger partial charge in [-0.1, -0.05) is 78.9 Å². The lowest BCUT2D eigenvalue weighted by atomic mass is 9.88. The van der Waals surface area contributed by atoms with Gasteiger partial charge in [-0.25, -0.2) is 0 Å². The molecule has 0 radical (unpaired) electrons. The van der Waals surface area contributed by atoms with Gasteiger partial charge in [0, 0.05) is 54.0 Å². The van der Waals surface area contributed by atoms with Crippen LogP contribution in [0.4, 0.5) is 0 Å². The number of hydrogen-bond acceptors (Lipinski definition) is 1. The first-order valence-electron chi connectivity index (χ1n) is 10.3. The molecular weight excluding hydrogens is 356 g/mol. The van der Waals surface area contributed by atoms with Gasteiger partial charge in [0.1, 0.15) is 0 Å². The standard InChI is InChI=1S/C26H24N2O/c29-26(17-22(19-9-3-1-4-10-19)20-11-5-2-6-12-20)28-16-15-25-23(18-28)21-13-7-8-14-24(21)27-25/h1-14,22,27H,15-18H2. The van der Waals surface area contributed by atoms with Gasteiger partial charge in [-0.15, -0.1) is 0 Å². The SMILES string of the molecule is O=C(CC(c1ccccc1)c1ccccc1)N1CCc2[nH]c3ccccc3c2C1. The quantitative estimate of drug-likeness (QED) is 0.514. The topological polar surface area (TPSA) is 36.1 Å². The Kier molecular flexibility index (Phi) is 4.65. The monoisotopic (exact) mass is 380 g/mol. The fourth-order valence-corrected chi connectivity index (χ4v) is 4.48. The molecule has 0 spiro atoms. The Balaban J connectivity index is 1.41. The number of para-hydroxylation sites is 1. The number of hydrogen-bond donors (Lipinski definition) is 1. The Hall–Kier alpha value is -3.33. The second-order valence-electron chi connectivity index (χ2n) is 7.77. The second-order valence-corrected chi connectivity index (χ2v) is 7.77. The summed E-state index contributed by atoms with van der Waals surface area (Å²) in [5, 5.41) is 1.24. The summed E-state index contributed by atoms with van der Waals surface area (Å²) in [6.07, 6.45) is 1.38. The summed E-state index contributed by atoms with van der Waals surface area (Å²) in [6.45, 7) is 1.46. The van der Waals surface area contributed by atoms with E-state index < -0.39 is 0 Å². The maximum absolute atomic E-state index is 13.3. The molecule has 144 valence electrons. The lowest BCUT2D eigenvalue weighted by molar-refractivity contribution is -0.132. The number of aromatic amines is 1. The molecule has 1 amide bonds. The van der Waals surface area contributed by atoms with E-state index >= 15 is 0 Å². The number of nitrogens with zero attached hydrogens (tertiary/aromatic N) is 1. The van der Waals surface area contributed by atoms with Crippen molar-refractivity contribution in [3.05, 3.63) is 107 Å². The van der Waals surface area contributed by atoms with E-state index in [-0.39, 0.29) is 11.8 Å². The second kappa shape index (κ2) is 7.59. The molecule has 0 bridgehead atoms. The molecule has 0 aliphatic carbocycles. The van der Waals surface area contributed by atoms with E-state index in [1.54, 1.807) is 0 Å². The predicted molar refractivity (Wildman–Crippen MR) is 117 cm³/mol. The van der Waals surface area contributed by atoms with Crippen LogP contribution in [-0.2, 0) is 17.8 Å². The summed E-state index contributed by atoms with van der Waals surface area (Å²) in [4.78, 5) is 18.9. The number of benzene rings is 3. The molecule has 0 fully saturated rings. The number of H-pyrrole nitrogens is 1. The number of aromatic nitrogens is 1. The molecule has 29 heavy (non-hydrogen) atoms. The molecule has 3 nitrogen and oxygen atoms in total. The van der Waals surface area contributed by atoms with E-state index in [0.29, 0.717) is 13.0 Å². The largest absolute Gasteiger partial charge is 0.358 e. The summed E-state index contributed by atoms with van der Waals surface area (Å²) < 4.78 is 0. The first-order valence-corrected chi connectivity index (χ1v) is 10.3. The van der Waals surface area contributed by atoms with Crippen LogP contribution in [0.1, 0.15) is 34.7 Å². The van der Waals surface area contributed by atoms with Crippen molar-refractivity contribution >= 4 is 16.8 Å². The molecule has 2 heterocycles. The van der Waals surface area contributed by atoms with Crippen LogP contribution in [0.25, 0.3) is 10.9 Å². The van der Waals surface area contributed by atoms with Gasteiger partial charge in [0.2, 0.25) is 5.91 Å². The van der Waals surface area contributed by atoms with Crippen molar-refractivity contribution in [3.63, 3.8) is 0 Å². The molecule has 1 aliphatic heterocycles. The zero-order chi connectivity index (χ0) is 19.6. The molecule has 0 saturated carbocycles. The Morgan fingerprint density at radius 2 is 1.48 bits per heavy atom. The number of fused-ring (bicyclic) bond motifs is 3. The van der Waals surface area contributed by atoms with Crippen molar-refractivity contribution in [1.29, 1.82) is 0 Å². The minimum Gasteiger partial charge on any atom is -0.358 e. The number of amides is 1. The minimum atomic E-state index is 0.0780. The van der Waals surface area contributed by atoms with Crippen LogP contribution in [0, 0.1) is 0 Å². The molecule has 1 aromatic heterocycles. The Bertz CT molecular complexity index is 1090. The molecule has 0 saturated heterocycles. The van der Waals surface area contributed by atoms with Crippen LogP contribution in [0.2, 0.25) is 0 Å². The molecule has 1 aliphatic rings. The average molecular weight is 380 g/mol. The zero-order valence-corrected chi connectivity index (χ0v) is 16.3. The molecule has 3 aromatic carbocycles. The van der Waals surface area contributed by atoms with E-state index in [1.807, 2.05) is 17.0 Å². The summed E-state index contributed by atoms with van der Waals surface area (Å²) >= 11 is 0.